The topological polar surface area (TPSA) is 63.2 Å². The van der Waals surface area contributed by atoms with Crippen LogP contribution in [0.3, 0.4) is 0 Å². The zero-order valence-corrected chi connectivity index (χ0v) is 14.2. The molecule has 5 nitrogen and oxygen atoms in total. The average Bonchev–Trinajstić information content (AvgIpc) is 3.07. The van der Waals surface area contributed by atoms with Gasteiger partial charge in [0.05, 0.1) is 0 Å². The Morgan fingerprint density at radius 2 is 2.17 bits per heavy atom. The Morgan fingerprint density at radius 3 is 2.96 bits per heavy atom. The standard InChI is InChI=1S/C16H15N3O2S2/c1-11-7-12-8-13-10-19(23(20,21)15-3-2-6-22-15)5-4-14(13)18-16(12)17-9-11/h2-3,6-9H,4-5,10H2,1H3. The van der Waals surface area contributed by atoms with E-state index in [4.69, 9.17) is 0 Å². The zero-order chi connectivity index (χ0) is 16.0. The van der Waals surface area contributed by atoms with Gasteiger partial charge in [0.2, 0.25) is 0 Å². The van der Waals surface area contributed by atoms with Gasteiger partial charge in [-0.1, -0.05) is 6.07 Å². The van der Waals surface area contributed by atoms with E-state index in [1.807, 2.05) is 19.1 Å². The highest BCUT2D eigenvalue weighted by molar-refractivity contribution is 7.91. The van der Waals surface area contributed by atoms with Crippen molar-refractivity contribution in [1.82, 2.24) is 14.3 Å². The van der Waals surface area contributed by atoms with Crippen molar-refractivity contribution >= 4 is 32.4 Å². The van der Waals surface area contributed by atoms with Gasteiger partial charge >= 0.3 is 0 Å². The lowest BCUT2D eigenvalue weighted by Gasteiger charge is -2.27. The Bertz CT molecular complexity index is 982. The summed E-state index contributed by atoms with van der Waals surface area (Å²) in [7, 11) is -3.41. The molecule has 0 amide bonds. The van der Waals surface area contributed by atoms with Crippen LogP contribution in [-0.4, -0.2) is 29.2 Å². The summed E-state index contributed by atoms with van der Waals surface area (Å²) >= 11 is 1.25. The molecule has 0 saturated heterocycles. The molecule has 3 aromatic heterocycles. The number of hydrogen-bond acceptors (Lipinski definition) is 5. The van der Waals surface area contributed by atoms with Gasteiger partial charge in [-0.25, -0.2) is 18.4 Å². The molecule has 0 aliphatic carbocycles. The van der Waals surface area contributed by atoms with Crippen molar-refractivity contribution in [2.24, 2.45) is 0 Å². The fraction of sp³-hybridized carbons (Fsp3) is 0.250. The van der Waals surface area contributed by atoms with Crippen LogP contribution in [-0.2, 0) is 23.0 Å². The third-order valence-corrected chi connectivity index (χ3v) is 7.23. The van der Waals surface area contributed by atoms with Gasteiger partial charge in [0.15, 0.2) is 5.65 Å². The summed E-state index contributed by atoms with van der Waals surface area (Å²) in [6, 6.07) is 7.47. The van der Waals surface area contributed by atoms with Crippen LogP contribution >= 0.6 is 11.3 Å². The molecule has 0 spiro atoms. The number of thiophene rings is 1. The maximum Gasteiger partial charge on any atom is 0.252 e. The quantitative estimate of drug-likeness (QED) is 0.716. The largest absolute Gasteiger partial charge is 0.252 e. The van der Waals surface area contributed by atoms with Crippen molar-refractivity contribution in [3.05, 3.63) is 52.7 Å². The molecule has 0 saturated carbocycles. The first kappa shape index (κ1) is 14.7. The second-order valence-electron chi connectivity index (χ2n) is 5.67. The number of pyridine rings is 2. The average molecular weight is 345 g/mol. The minimum atomic E-state index is -3.41. The van der Waals surface area contributed by atoms with E-state index in [-0.39, 0.29) is 0 Å². The van der Waals surface area contributed by atoms with Crippen LogP contribution in [0.1, 0.15) is 16.8 Å². The van der Waals surface area contributed by atoms with E-state index >= 15 is 0 Å². The Kier molecular flexibility index (Phi) is 3.44. The molecular formula is C16H15N3O2S2. The van der Waals surface area contributed by atoms with Crippen LogP contribution in [0.4, 0.5) is 0 Å². The highest BCUT2D eigenvalue weighted by atomic mass is 32.2. The van der Waals surface area contributed by atoms with Gasteiger partial charge in [-0.3, -0.25) is 0 Å². The first-order chi connectivity index (χ1) is 11.0. The van der Waals surface area contributed by atoms with Gasteiger partial charge in [-0.2, -0.15) is 4.31 Å². The Balaban J connectivity index is 1.74. The maximum absolute atomic E-state index is 12.7. The summed E-state index contributed by atoms with van der Waals surface area (Å²) in [5.41, 5.74) is 3.71. The van der Waals surface area contributed by atoms with Crippen molar-refractivity contribution in [3.8, 4) is 0 Å². The predicted octanol–water partition coefficient (Wildman–Crippen LogP) is 2.75. The third kappa shape index (κ3) is 2.54. The molecule has 4 rings (SSSR count). The number of hydrogen-bond donors (Lipinski definition) is 0. The Labute approximate surface area is 138 Å². The molecule has 0 radical (unpaired) electrons. The van der Waals surface area contributed by atoms with Crippen molar-refractivity contribution < 1.29 is 8.42 Å². The van der Waals surface area contributed by atoms with E-state index in [9.17, 15) is 8.42 Å². The van der Waals surface area contributed by atoms with Crippen molar-refractivity contribution in [2.75, 3.05) is 6.54 Å². The highest BCUT2D eigenvalue weighted by Crippen LogP contribution is 2.28. The number of aromatic nitrogens is 2. The zero-order valence-electron chi connectivity index (χ0n) is 12.6. The number of aryl methyl sites for hydroxylation is 1. The summed E-state index contributed by atoms with van der Waals surface area (Å²) in [6.45, 7) is 2.81. The lowest BCUT2D eigenvalue weighted by atomic mass is 10.1. The number of rotatable bonds is 2. The van der Waals surface area contributed by atoms with Gasteiger partial charge in [-0.15, -0.1) is 11.3 Å². The molecule has 23 heavy (non-hydrogen) atoms. The summed E-state index contributed by atoms with van der Waals surface area (Å²) in [5, 5.41) is 2.74. The Hall–Kier alpha value is -1.83. The van der Waals surface area contributed by atoms with Gasteiger partial charge in [0.1, 0.15) is 4.21 Å². The SMILES string of the molecule is Cc1cnc2nc3c(cc2c1)CN(S(=O)(=O)c1cccs1)CC3. The van der Waals surface area contributed by atoms with Gasteiger partial charge in [0, 0.05) is 36.8 Å². The summed E-state index contributed by atoms with van der Waals surface area (Å²) < 4.78 is 27.3. The lowest BCUT2D eigenvalue weighted by Crippen LogP contribution is -2.36. The molecule has 3 aromatic rings. The molecular weight excluding hydrogens is 330 g/mol. The monoisotopic (exact) mass is 345 g/mol. The highest BCUT2D eigenvalue weighted by Gasteiger charge is 2.29. The first-order valence-corrected chi connectivity index (χ1v) is 9.65. The molecule has 0 aromatic carbocycles. The second-order valence-corrected chi connectivity index (χ2v) is 8.79. The summed E-state index contributed by atoms with van der Waals surface area (Å²) in [4.78, 5) is 8.96. The minimum absolute atomic E-state index is 0.368. The van der Waals surface area contributed by atoms with E-state index in [1.54, 1.807) is 23.7 Å². The van der Waals surface area contributed by atoms with Crippen LogP contribution in [0.25, 0.3) is 11.0 Å². The van der Waals surface area contributed by atoms with E-state index < -0.39 is 10.0 Å². The molecule has 1 aliphatic heterocycles. The fourth-order valence-corrected chi connectivity index (χ4v) is 5.41. The number of sulfonamides is 1. The van der Waals surface area contributed by atoms with Crippen molar-refractivity contribution in [1.29, 1.82) is 0 Å². The molecule has 4 heterocycles. The second kappa shape index (κ2) is 5.36. The fourth-order valence-electron chi connectivity index (χ4n) is 2.85. The molecule has 1 aliphatic rings. The van der Waals surface area contributed by atoms with E-state index in [1.165, 1.54) is 15.6 Å². The number of fused-ring (bicyclic) bond motifs is 2. The van der Waals surface area contributed by atoms with Crippen molar-refractivity contribution in [2.45, 2.75) is 24.1 Å². The van der Waals surface area contributed by atoms with E-state index in [2.05, 4.69) is 9.97 Å². The maximum atomic E-state index is 12.7. The van der Waals surface area contributed by atoms with Crippen LogP contribution < -0.4 is 0 Å². The van der Waals surface area contributed by atoms with Crippen molar-refractivity contribution in [3.63, 3.8) is 0 Å². The molecule has 0 N–H and O–H groups in total. The van der Waals surface area contributed by atoms with Crippen LogP contribution in [0.5, 0.6) is 0 Å². The molecule has 7 heteroatoms. The van der Waals surface area contributed by atoms with Crippen LogP contribution in [0, 0.1) is 6.92 Å². The molecule has 0 atom stereocenters. The third-order valence-electron chi connectivity index (χ3n) is 4.01. The van der Waals surface area contributed by atoms with E-state index in [0.29, 0.717) is 23.7 Å². The van der Waals surface area contributed by atoms with E-state index in [0.717, 1.165) is 27.9 Å². The minimum Gasteiger partial charge on any atom is -0.236 e. The molecule has 0 unspecified atom stereocenters. The molecule has 0 fully saturated rings. The Morgan fingerprint density at radius 1 is 1.30 bits per heavy atom. The van der Waals surface area contributed by atoms with Crippen LogP contribution in [0.15, 0.2) is 40.1 Å². The van der Waals surface area contributed by atoms with Gasteiger partial charge in [0.25, 0.3) is 10.0 Å². The molecule has 0 bridgehead atoms. The first-order valence-electron chi connectivity index (χ1n) is 7.33. The smallest absolute Gasteiger partial charge is 0.236 e. The van der Waals surface area contributed by atoms with Gasteiger partial charge < -0.3 is 0 Å². The summed E-state index contributed by atoms with van der Waals surface area (Å²) in [5.74, 6) is 0. The van der Waals surface area contributed by atoms with Crippen LogP contribution in [0.2, 0.25) is 0 Å². The lowest BCUT2D eigenvalue weighted by molar-refractivity contribution is 0.389. The molecule has 118 valence electrons. The predicted molar refractivity (Wildman–Crippen MR) is 89.9 cm³/mol. The van der Waals surface area contributed by atoms with Gasteiger partial charge in [-0.05, 0) is 41.6 Å². The number of nitrogens with zero attached hydrogens (tertiary/aromatic N) is 3. The summed E-state index contributed by atoms with van der Waals surface area (Å²) in [6.07, 6.45) is 2.42. The normalized spacial score (nSPS) is 15.7.